The first-order valence-electron chi connectivity index (χ1n) is 9.45. The maximum atomic E-state index is 12.5. The summed E-state index contributed by atoms with van der Waals surface area (Å²) in [6.07, 6.45) is 1.31. The summed E-state index contributed by atoms with van der Waals surface area (Å²) in [5.74, 6) is 0.851. The lowest BCUT2D eigenvalue weighted by Crippen LogP contribution is -2.42. The number of hydrogen-bond donors (Lipinski definition) is 2. The summed E-state index contributed by atoms with van der Waals surface area (Å²) in [7, 11) is 0. The Balaban J connectivity index is 1.61. The van der Waals surface area contributed by atoms with Gasteiger partial charge in [0.15, 0.2) is 0 Å². The van der Waals surface area contributed by atoms with Crippen LogP contribution in [0.1, 0.15) is 36.1 Å². The second-order valence-electron chi connectivity index (χ2n) is 6.61. The Bertz CT molecular complexity index is 820. The van der Waals surface area contributed by atoms with E-state index in [4.69, 9.17) is 4.74 Å². The first kappa shape index (κ1) is 19.6. The molecule has 1 aromatic carbocycles. The van der Waals surface area contributed by atoms with Crippen LogP contribution < -0.4 is 10.6 Å². The Labute approximate surface area is 164 Å². The van der Waals surface area contributed by atoms with E-state index in [1.54, 1.807) is 24.8 Å². The number of ether oxygens (including phenoxy) is 1. The molecule has 1 aromatic heterocycles. The van der Waals surface area contributed by atoms with Crippen molar-refractivity contribution in [3.63, 3.8) is 0 Å². The second kappa shape index (κ2) is 9.16. The van der Waals surface area contributed by atoms with Gasteiger partial charge in [-0.2, -0.15) is 0 Å². The monoisotopic (exact) mass is 383 g/mol. The van der Waals surface area contributed by atoms with Crippen LogP contribution in [0.25, 0.3) is 0 Å². The van der Waals surface area contributed by atoms with Crippen LogP contribution in [0.5, 0.6) is 0 Å². The maximum absolute atomic E-state index is 12.5. The van der Waals surface area contributed by atoms with Gasteiger partial charge in [-0.15, -0.1) is 0 Å². The van der Waals surface area contributed by atoms with E-state index in [9.17, 15) is 9.59 Å². The molecular weight excluding hydrogens is 358 g/mol. The molecule has 0 unspecified atom stereocenters. The van der Waals surface area contributed by atoms with Crippen LogP contribution >= 0.6 is 0 Å². The van der Waals surface area contributed by atoms with Crippen molar-refractivity contribution < 1.29 is 14.3 Å². The Morgan fingerprint density at radius 1 is 1.18 bits per heavy atom. The molecule has 0 atom stereocenters. The van der Waals surface area contributed by atoms with Crippen molar-refractivity contribution >= 4 is 23.5 Å². The molecule has 8 heteroatoms. The topological polar surface area (TPSA) is 96.5 Å². The zero-order valence-electron chi connectivity index (χ0n) is 16.1. The molecule has 0 aliphatic carbocycles. The average Bonchev–Trinajstić information content (AvgIpc) is 2.69. The second-order valence-corrected chi connectivity index (χ2v) is 6.61. The smallest absolute Gasteiger partial charge is 0.409 e. The molecule has 2 N–H and O–H groups in total. The number of aryl methyl sites for hydroxylation is 1. The molecule has 148 valence electrons. The highest BCUT2D eigenvalue weighted by Gasteiger charge is 2.24. The van der Waals surface area contributed by atoms with Crippen LogP contribution in [0.2, 0.25) is 0 Å². The number of piperidine rings is 1. The quantitative estimate of drug-likeness (QED) is 0.824. The number of aromatic nitrogens is 2. The largest absolute Gasteiger partial charge is 0.450 e. The van der Waals surface area contributed by atoms with Gasteiger partial charge in [-0.3, -0.25) is 4.79 Å². The summed E-state index contributed by atoms with van der Waals surface area (Å²) >= 11 is 0. The molecular formula is C20H25N5O3. The van der Waals surface area contributed by atoms with Gasteiger partial charge in [-0.1, -0.05) is 18.2 Å². The lowest BCUT2D eigenvalue weighted by molar-refractivity contribution is 0.0980. The van der Waals surface area contributed by atoms with Gasteiger partial charge < -0.3 is 20.3 Å². The summed E-state index contributed by atoms with van der Waals surface area (Å²) in [5.41, 5.74) is 1.02. The van der Waals surface area contributed by atoms with Crippen molar-refractivity contribution in [3.8, 4) is 0 Å². The number of likely N-dealkylation sites (tertiary alicyclic amines) is 1. The molecule has 1 aliphatic heterocycles. The third-order valence-electron chi connectivity index (χ3n) is 4.48. The molecule has 2 aromatic rings. The van der Waals surface area contributed by atoms with Crippen molar-refractivity contribution in [1.82, 2.24) is 14.9 Å². The van der Waals surface area contributed by atoms with Crippen LogP contribution in [0.3, 0.4) is 0 Å². The molecule has 2 amide bonds. The number of nitrogens with zero attached hydrogens (tertiary/aromatic N) is 3. The van der Waals surface area contributed by atoms with E-state index < -0.39 is 0 Å². The normalized spacial score (nSPS) is 14.4. The molecule has 28 heavy (non-hydrogen) atoms. The molecule has 2 heterocycles. The van der Waals surface area contributed by atoms with Crippen molar-refractivity contribution in [2.45, 2.75) is 32.7 Å². The van der Waals surface area contributed by atoms with E-state index in [1.165, 1.54) is 0 Å². The van der Waals surface area contributed by atoms with Gasteiger partial charge in [0.2, 0.25) is 0 Å². The Kier molecular flexibility index (Phi) is 6.41. The van der Waals surface area contributed by atoms with Gasteiger partial charge in [0, 0.05) is 30.9 Å². The first-order chi connectivity index (χ1) is 13.5. The molecule has 0 bridgehead atoms. The Morgan fingerprint density at radius 3 is 2.57 bits per heavy atom. The lowest BCUT2D eigenvalue weighted by Gasteiger charge is -2.31. The van der Waals surface area contributed by atoms with E-state index in [0.717, 1.165) is 12.8 Å². The summed E-state index contributed by atoms with van der Waals surface area (Å²) in [6, 6.07) is 11.1. The van der Waals surface area contributed by atoms with Crippen LogP contribution in [0.15, 0.2) is 36.4 Å². The fraction of sp³-hybridized carbons (Fsp3) is 0.400. The predicted octanol–water partition coefficient (Wildman–Crippen LogP) is 3.07. The van der Waals surface area contributed by atoms with E-state index in [1.807, 2.05) is 30.3 Å². The fourth-order valence-corrected chi connectivity index (χ4v) is 3.10. The Hall–Kier alpha value is -3.16. The van der Waals surface area contributed by atoms with Crippen molar-refractivity contribution in [3.05, 3.63) is 47.9 Å². The average molecular weight is 383 g/mol. The molecule has 1 aliphatic rings. The maximum Gasteiger partial charge on any atom is 0.409 e. The number of rotatable bonds is 5. The summed E-state index contributed by atoms with van der Waals surface area (Å²) in [4.78, 5) is 34.7. The van der Waals surface area contributed by atoms with Gasteiger partial charge in [0.1, 0.15) is 17.3 Å². The van der Waals surface area contributed by atoms with Crippen molar-refractivity contribution in [2.24, 2.45) is 0 Å². The Morgan fingerprint density at radius 2 is 1.89 bits per heavy atom. The molecule has 8 nitrogen and oxygen atoms in total. The molecule has 0 radical (unpaired) electrons. The van der Waals surface area contributed by atoms with Crippen LogP contribution in [0.4, 0.5) is 16.3 Å². The molecule has 0 spiro atoms. The number of hydrogen-bond acceptors (Lipinski definition) is 6. The number of para-hydroxylation sites is 1. The minimum absolute atomic E-state index is 0.171. The van der Waals surface area contributed by atoms with E-state index in [0.29, 0.717) is 42.7 Å². The minimum atomic E-state index is -0.281. The summed E-state index contributed by atoms with van der Waals surface area (Å²) in [5, 5.41) is 6.19. The highest BCUT2D eigenvalue weighted by Crippen LogP contribution is 2.17. The first-order valence-corrected chi connectivity index (χ1v) is 9.45. The standard InChI is InChI=1S/C20H25N5O3/c1-3-28-20(27)25-11-9-16(10-12-25)23-18-13-17(21-14(2)22-18)19(26)24-15-7-5-4-6-8-15/h4-8,13,16H,3,9-12H2,1-2H3,(H,24,26)(H,21,22,23). The molecule has 3 rings (SSSR count). The number of amides is 2. The minimum Gasteiger partial charge on any atom is -0.450 e. The number of nitrogens with one attached hydrogen (secondary N) is 2. The van der Waals surface area contributed by atoms with Crippen LogP contribution in [-0.2, 0) is 4.74 Å². The zero-order chi connectivity index (χ0) is 19.9. The van der Waals surface area contributed by atoms with Gasteiger partial charge in [-0.25, -0.2) is 14.8 Å². The third kappa shape index (κ3) is 5.18. The van der Waals surface area contributed by atoms with Gasteiger partial charge in [0.05, 0.1) is 6.61 Å². The molecule has 0 saturated carbocycles. The SMILES string of the molecule is CCOC(=O)N1CCC(Nc2cc(C(=O)Nc3ccccc3)nc(C)n2)CC1. The molecule has 1 fully saturated rings. The number of carbonyl (C=O) groups excluding carboxylic acids is 2. The summed E-state index contributed by atoms with van der Waals surface area (Å²) in [6.45, 7) is 5.19. The van der Waals surface area contributed by atoms with Gasteiger partial charge >= 0.3 is 6.09 Å². The number of benzene rings is 1. The van der Waals surface area contributed by atoms with E-state index in [-0.39, 0.29) is 18.0 Å². The van der Waals surface area contributed by atoms with Crippen LogP contribution in [0, 0.1) is 6.92 Å². The highest BCUT2D eigenvalue weighted by atomic mass is 16.6. The van der Waals surface area contributed by atoms with Crippen LogP contribution in [-0.4, -0.2) is 52.6 Å². The zero-order valence-corrected chi connectivity index (χ0v) is 16.1. The highest BCUT2D eigenvalue weighted by molar-refractivity contribution is 6.03. The number of anilines is 2. The van der Waals surface area contributed by atoms with E-state index in [2.05, 4.69) is 20.6 Å². The number of carbonyl (C=O) groups is 2. The predicted molar refractivity (Wildman–Crippen MR) is 106 cm³/mol. The van der Waals surface area contributed by atoms with Crippen molar-refractivity contribution in [2.75, 3.05) is 30.3 Å². The van der Waals surface area contributed by atoms with Gasteiger partial charge in [-0.05, 0) is 38.8 Å². The van der Waals surface area contributed by atoms with Crippen molar-refractivity contribution in [1.29, 1.82) is 0 Å². The third-order valence-corrected chi connectivity index (χ3v) is 4.48. The fourth-order valence-electron chi connectivity index (χ4n) is 3.10. The molecule has 1 saturated heterocycles. The van der Waals surface area contributed by atoms with Gasteiger partial charge in [0.25, 0.3) is 5.91 Å². The van der Waals surface area contributed by atoms with E-state index >= 15 is 0 Å². The lowest BCUT2D eigenvalue weighted by atomic mass is 10.1. The summed E-state index contributed by atoms with van der Waals surface area (Å²) < 4.78 is 5.04.